The molecule has 3 nitrogen and oxygen atoms in total. The van der Waals surface area contributed by atoms with Crippen molar-refractivity contribution in [1.29, 1.82) is 0 Å². The number of carboxylic acid groups (broad SMARTS) is 1. The Morgan fingerprint density at radius 3 is 2.35 bits per heavy atom. The zero-order chi connectivity index (χ0) is 14.9. The Hall–Kier alpha value is -1.81. The first kappa shape index (κ1) is 14.6. The highest BCUT2D eigenvalue weighted by molar-refractivity contribution is 7.17. The van der Waals surface area contributed by atoms with Crippen molar-refractivity contribution in [2.24, 2.45) is 0 Å². The van der Waals surface area contributed by atoms with E-state index in [1.54, 1.807) is 0 Å². The molecule has 0 unspecified atom stereocenters. The summed E-state index contributed by atoms with van der Waals surface area (Å²) < 4.78 is 0. The zero-order valence-corrected chi connectivity index (χ0v) is 12.8. The molecule has 0 radical (unpaired) electrons. The first-order valence-electron chi connectivity index (χ1n) is 6.70. The van der Waals surface area contributed by atoms with Gasteiger partial charge in [0.25, 0.3) is 0 Å². The van der Waals surface area contributed by atoms with Crippen LogP contribution in [0, 0.1) is 0 Å². The molecule has 0 aliphatic carbocycles. The molecule has 4 heteroatoms. The Bertz CT molecular complexity index is 627. The molecule has 1 heterocycles. The number of aromatic carboxylic acids is 1. The third-order valence-corrected chi connectivity index (χ3v) is 4.57. The summed E-state index contributed by atoms with van der Waals surface area (Å²) in [6.07, 6.45) is 0.781. The summed E-state index contributed by atoms with van der Waals surface area (Å²) in [5.74, 6) is -0.498. The number of nitrogen functional groups attached to an aromatic ring is 1. The van der Waals surface area contributed by atoms with E-state index in [1.165, 1.54) is 16.9 Å². The van der Waals surface area contributed by atoms with E-state index < -0.39 is 5.97 Å². The second-order valence-electron chi connectivity index (χ2n) is 5.07. The second kappa shape index (κ2) is 5.67. The van der Waals surface area contributed by atoms with Crippen molar-refractivity contribution >= 4 is 22.3 Å². The maximum Gasteiger partial charge on any atom is 0.339 e. The Labute approximate surface area is 123 Å². The Balaban J connectivity index is 2.58. The van der Waals surface area contributed by atoms with Crippen molar-refractivity contribution in [2.75, 3.05) is 5.73 Å². The highest BCUT2D eigenvalue weighted by atomic mass is 32.1. The lowest BCUT2D eigenvalue weighted by atomic mass is 9.96. The van der Waals surface area contributed by atoms with Crippen LogP contribution in [0.1, 0.15) is 47.5 Å². The van der Waals surface area contributed by atoms with Crippen molar-refractivity contribution in [3.8, 4) is 11.1 Å². The zero-order valence-electron chi connectivity index (χ0n) is 11.9. The van der Waals surface area contributed by atoms with Gasteiger partial charge in [0.1, 0.15) is 10.6 Å². The van der Waals surface area contributed by atoms with Gasteiger partial charge in [0, 0.05) is 10.4 Å². The van der Waals surface area contributed by atoms with Crippen molar-refractivity contribution in [3.63, 3.8) is 0 Å². The number of rotatable bonds is 4. The molecule has 0 spiro atoms. The number of nitrogens with two attached hydrogens (primary N) is 1. The lowest BCUT2D eigenvalue weighted by Crippen LogP contribution is -2.01. The highest BCUT2D eigenvalue weighted by Crippen LogP contribution is 2.39. The van der Waals surface area contributed by atoms with E-state index >= 15 is 0 Å². The lowest BCUT2D eigenvalue weighted by Gasteiger charge is -2.08. The molecule has 1 aromatic heterocycles. The van der Waals surface area contributed by atoms with Gasteiger partial charge in [0.05, 0.1) is 0 Å². The predicted molar refractivity (Wildman–Crippen MR) is 84.6 cm³/mol. The average molecular weight is 289 g/mol. The molecule has 0 amide bonds. The first-order chi connectivity index (χ1) is 9.45. The smallest absolute Gasteiger partial charge is 0.339 e. The quantitative estimate of drug-likeness (QED) is 0.877. The van der Waals surface area contributed by atoms with Gasteiger partial charge in [-0.25, -0.2) is 4.79 Å². The summed E-state index contributed by atoms with van der Waals surface area (Å²) in [4.78, 5) is 12.5. The monoisotopic (exact) mass is 289 g/mol. The number of carboxylic acids is 1. The molecular formula is C16H19NO2S. The van der Waals surface area contributed by atoms with Crippen LogP contribution in [0.25, 0.3) is 11.1 Å². The van der Waals surface area contributed by atoms with Crippen molar-refractivity contribution < 1.29 is 9.90 Å². The van der Waals surface area contributed by atoms with Crippen molar-refractivity contribution in [3.05, 3.63) is 40.3 Å². The number of thiophene rings is 1. The van der Waals surface area contributed by atoms with Crippen molar-refractivity contribution in [2.45, 2.75) is 33.1 Å². The minimum Gasteiger partial charge on any atom is -0.478 e. The molecule has 1 aromatic carbocycles. The maximum atomic E-state index is 11.4. The largest absolute Gasteiger partial charge is 0.478 e. The van der Waals surface area contributed by atoms with Gasteiger partial charge in [-0.2, -0.15) is 0 Å². The molecule has 3 N–H and O–H groups in total. The summed E-state index contributed by atoms with van der Waals surface area (Å²) in [5, 5.41) is 9.77. The van der Waals surface area contributed by atoms with Gasteiger partial charge in [0.2, 0.25) is 0 Å². The van der Waals surface area contributed by atoms with Crippen molar-refractivity contribution in [1.82, 2.24) is 0 Å². The standard InChI is InChI=1S/C16H19NO2S/c1-4-12-13(14(16(18)19)15(17)20-12)11-7-5-10(6-8-11)9(2)3/h5-9H,4,17H2,1-3H3,(H,18,19). The minimum absolute atomic E-state index is 0.240. The van der Waals surface area contributed by atoms with Crippen LogP contribution >= 0.6 is 11.3 Å². The SMILES string of the molecule is CCc1sc(N)c(C(=O)O)c1-c1ccc(C(C)C)cc1. The van der Waals surface area contributed by atoms with Gasteiger partial charge in [-0.05, 0) is 23.5 Å². The Morgan fingerprint density at radius 2 is 1.90 bits per heavy atom. The number of aryl methyl sites for hydroxylation is 1. The molecule has 2 rings (SSSR count). The molecule has 0 saturated carbocycles. The molecule has 0 atom stereocenters. The topological polar surface area (TPSA) is 63.3 Å². The molecule has 0 fully saturated rings. The molecule has 20 heavy (non-hydrogen) atoms. The van der Waals surface area contributed by atoms with Gasteiger partial charge in [-0.1, -0.05) is 45.0 Å². The highest BCUT2D eigenvalue weighted by Gasteiger charge is 2.22. The number of benzene rings is 1. The van der Waals surface area contributed by atoms with E-state index in [1.807, 2.05) is 19.1 Å². The normalized spacial score (nSPS) is 11.0. The Kier molecular flexibility index (Phi) is 4.14. The molecule has 106 valence electrons. The number of carbonyl (C=O) groups is 1. The van der Waals surface area contributed by atoms with Gasteiger partial charge < -0.3 is 10.8 Å². The molecule has 0 bridgehead atoms. The predicted octanol–water partition coefficient (Wildman–Crippen LogP) is 4.38. The van der Waals surface area contributed by atoms with Crippen LogP contribution in [0.5, 0.6) is 0 Å². The fraction of sp³-hybridized carbons (Fsp3) is 0.312. The fourth-order valence-electron chi connectivity index (χ4n) is 2.30. The minimum atomic E-state index is -0.957. The molecule has 2 aromatic rings. The summed E-state index contributed by atoms with van der Waals surface area (Å²) in [7, 11) is 0. The van der Waals surface area contributed by atoms with E-state index in [2.05, 4.69) is 26.0 Å². The van der Waals surface area contributed by atoms with Crippen LogP contribution in [-0.4, -0.2) is 11.1 Å². The van der Waals surface area contributed by atoms with E-state index in [0.717, 1.165) is 22.4 Å². The van der Waals surface area contributed by atoms with E-state index in [9.17, 15) is 9.90 Å². The number of anilines is 1. The third-order valence-electron chi connectivity index (χ3n) is 3.41. The van der Waals surface area contributed by atoms with Crippen LogP contribution in [0.4, 0.5) is 5.00 Å². The third kappa shape index (κ3) is 2.56. The van der Waals surface area contributed by atoms with Gasteiger partial charge >= 0.3 is 5.97 Å². The van der Waals surface area contributed by atoms with Crippen LogP contribution in [0.3, 0.4) is 0 Å². The van der Waals surface area contributed by atoms with Crippen LogP contribution in [-0.2, 0) is 6.42 Å². The molecule has 0 saturated heterocycles. The van der Waals surface area contributed by atoms with Gasteiger partial charge in [-0.3, -0.25) is 0 Å². The average Bonchev–Trinajstić information content (AvgIpc) is 2.75. The van der Waals surface area contributed by atoms with E-state index in [-0.39, 0.29) is 5.56 Å². The number of hydrogen-bond donors (Lipinski definition) is 2. The number of hydrogen-bond acceptors (Lipinski definition) is 3. The van der Waals surface area contributed by atoms with Crippen LogP contribution in [0.15, 0.2) is 24.3 Å². The van der Waals surface area contributed by atoms with Gasteiger partial charge in [0.15, 0.2) is 0 Å². The Morgan fingerprint density at radius 1 is 1.30 bits per heavy atom. The van der Waals surface area contributed by atoms with Gasteiger partial charge in [-0.15, -0.1) is 11.3 Å². The van der Waals surface area contributed by atoms with Crippen LogP contribution in [0.2, 0.25) is 0 Å². The van der Waals surface area contributed by atoms with E-state index in [4.69, 9.17) is 5.73 Å². The molecule has 0 aliphatic rings. The second-order valence-corrected chi connectivity index (χ2v) is 6.21. The molecule has 0 aliphatic heterocycles. The van der Waals surface area contributed by atoms with E-state index in [0.29, 0.717) is 10.9 Å². The summed E-state index contributed by atoms with van der Waals surface area (Å²) in [6.45, 7) is 6.29. The van der Waals surface area contributed by atoms with Crippen LogP contribution < -0.4 is 5.73 Å². The summed E-state index contributed by atoms with van der Waals surface area (Å²) in [6, 6.07) is 8.09. The first-order valence-corrected chi connectivity index (χ1v) is 7.52. The summed E-state index contributed by atoms with van der Waals surface area (Å²) in [5.41, 5.74) is 9.06. The molecular weight excluding hydrogens is 270 g/mol. The fourth-order valence-corrected chi connectivity index (χ4v) is 3.32. The lowest BCUT2D eigenvalue weighted by molar-refractivity contribution is 0.0699. The maximum absolute atomic E-state index is 11.4. The summed E-state index contributed by atoms with van der Waals surface area (Å²) >= 11 is 1.37.